The van der Waals surface area contributed by atoms with Crippen LogP contribution in [0.2, 0.25) is 0 Å². The molecule has 0 saturated carbocycles. The van der Waals surface area contributed by atoms with Crippen molar-refractivity contribution in [3.8, 4) is 11.1 Å². The van der Waals surface area contributed by atoms with Gasteiger partial charge < -0.3 is 10.6 Å². The maximum absolute atomic E-state index is 12.6. The maximum Gasteiger partial charge on any atom is 0.243 e. The summed E-state index contributed by atoms with van der Waals surface area (Å²) in [6.07, 6.45) is 1.62. The number of likely N-dealkylation sites (N-methyl/N-ethyl adjacent to an activating group) is 1. The molecule has 3 rings (SSSR count). The summed E-state index contributed by atoms with van der Waals surface area (Å²) in [7, 11) is 1.60. The van der Waals surface area contributed by atoms with Gasteiger partial charge in [0.1, 0.15) is 6.04 Å². The quantitative estimate of drug-likeness (QED) is 0.309. The molecule has 1 atom stereocenters. The van der Waals surface area contributed by atoms with Crippen LogP contribution in [0.15, 0.2) is 84.9 Å². The molecule has 2 amide bonds. The van der Waals surface area contributed by atoms with Gasteiger partial charge in [-0.3, -0.25) is 9.59 Å². The van der Waals surface area contributed by atoms with E-state index in [1.54, 1.807) is 37.0 Å². The van der Waals surface area contributed by atoms with Crippen LogP contribution in [0.3, 0.4) is 0 Å². The van der Waals surface area contributed by atoms with Crippen LogP contribution in [0.25, 0.3) is 11.1 Å². The first-order valence-corrected chi connectivity index (χ1v) is 13.8. The van der Waals surface area contributed by atoms with Gasteiger partial charge in [-0.1, -0.05) is 84.9 Å². The number of amides is 2. The van der Waals surface area contributed by atoms with Crippen molar-refractivity contribution < 1.29 is 9.59 Å². The van der Waals surface area contributed by atoms with Crippen molar-refractivity contribution in [1.29, 1.82) is 0 Å². The van der Waals surface area contributed by atoms with Crippen molar-refractivity contribution in [3.63, 3.8) is 0 Å². The Labute approximate surface area is 217 Å². The Morgan fingerprint density at radius 2 is 1.40 bits per heavy atom. The Hall–Kier alpha value is -2.70. The summed E-state index contributed by atoms with van der Waals surface area (Å²) >= 11 is 3.33. The van der Waals surface area contributed by atoms with Crippen LogP contribution in [0, 0.1) is 6.42 Å². The van der Waals surface area contributed by atoms with Crippen molar-refractivity contribution in [2.24, 2.45) is 0 Å². The van der Waals surface area contributed by atoms with Crippen LogP contribution in [-0.2, 0) is 21.1 Å². The Bertz CT molecular complexity index is 1070. The lowest BCUT2D eigenvalue weighted by atomic mass is 10.0. The van der Waals surface area contributed by atoms with E-state index in [1.165, 1.54) is 22.3 Å². The van der Waals surface area contributed by atoms with Crippen molar-refractivity contribution in [3.05, 3.63) is 102 Å². The Morgan fingerprint density at radius 3 is 2.03 bits per heavy atom. The molecule has 0 aliphatic heterocycles. The molecule has 3 aromatic carbocycles. The van der Waals surface area contributed by atoms with Crippen LogP contribution in [0.1, 0.15) is 25.0 Å². The number of carbonyl (C=O) groups excluding carboxylic acids is 2. The van der Waals surface area contributed by atoms with E-state index in [0.717, 1.165) is 11.5 Å². The van der Waals surface area contributed by atoms with Gasteiger partial charge in [0.05, 0.1) is 6.42 Å². The third-order valence-electron chi connectivity index (χ3n) is 5.66. The number of benzene rings is 3. The van der Waals surface area contributed by atoms with Gasteiger partial charge in [-0.05, 0) is 36.1 Å². The van der Waals surface area contributed by atoms with Gasteiger partial charge in [-0.25, -0.2) is 0 Å². The molecule has 0 unspecified atom stereocenters. The Morgan fingerprint density at radius 1 is 0.829 bits per heavy atom. The standard InChI is InChI=1S/C29H33N2O2S2/c1-29(2,35-21-22-10-6-4-7-11-22)27(28(33)30-3)31-26(32)18-19-34-20-23-14-16-25(17-15-23)24-12-8-5-9-13-24/h4-18,27H,19-21H2,1-3H3,(H,30,33)(H,31,32)/t27-/m1/s1. The fraction of sp³-hybridized carbons (Fsp3) is 0.276. The van der Waals surface area contributed by atoms with E-state index < -0.39 is 10.8 Å². The topological polar surface area (TPSA) is 58.2 Å². The molecule has 1 radical (unpaired) electrons. The number of rotatable bonds is 12. The minimum absolute atomic E-state index is 0.191. The van der Waals surface area contributed by atoms with E-state index in [9.17, 15) is 9.59 Å². The van der Waals surface area contributed by atoms with Crippen LogP contribution in [0.4, 0.5) is 0 Å². The molecular formula is C29H33N2O2S2. The lowest BCUT2D eigenvalue weighted by molar-refractivity contribution is -0.127. The zero-order valence-electron chi connectivity index (χ0n) is 20.5. The summed E-state index contributed by atoms with van der Waals surface area (Å²) in [6.45, 7) is 3.99. The van der Waals surface area contributed by atoms with Gasteiger partial charge in [0, 0.05) is 29.1 Å². The predicted octanol–water partition coefficient (Wildman–Crippen LogP) is 5.73. The monoisotopic (exact) mass is 505 g/mol. The molecule has 0 heterocycles. The minimum Gasteiger partial charge on any atom is -0.357 e. The van der Waals surface area contributed by atoms with Crippen molar-refractivity contribution >= 4 is 35.3 Å². The summed E-state index contributed by atoms with van der Waals surface area (Å²) in [5.41, 5.74) is 4.79. The predicted molar refractivity (Wildman–Crippen MR) is 150 cm³/mol. The van der Waals surface area contributed by atoms with Gasteiger partial charge >= 0.3 is 0 Å². The first-order chi connectivity index (χ1) is 16.9. The zero-order chi connectivity index (χ0) is 25.1. The normalized spacial score (nSPS) is 12.1. The molecule has 2 N–H and O–H groups in total. The third kappa shape index (κ3) is 8.48. The largest absolute Gasteiger partial charge is 0.357 e. The average Bonchev–Trinajstić information content (AvgIpc) is 2.89. The lowest BCUT2D eigenvalue weighted by Crippen LogP contribution is -2.56. The molecule has 0 saturated heterocycles. The van der Waals surface area contributed by atoms with Gasteiger partial charge in [-0.2, -0.15) is 11.8 Å². The molecule has 0 aliphatic rings. The highest BCUT2D eigenvalue weighted by molar-refractivity contribution is 8.00. The van der Waals surface area contributed by atoms with E-state index in [0.29, 0.717) is 5.75 Å². The van der Waals surface area contributed by atoms with Crippen LogP contribution < -0.4 is 10.6 Å². The number of hydrogen-bond donors (Lipinski definition) is 2. The van der Waals surface area contributed by atoms with Gasteiger partial charge in [0.15, 0.2) is 0 Å². The summed E-state index contributed by atoms with van der Waals surface area (Å²) < 4.78 is -0.479. The average molecular weight is 506 g/mol. The second-order valence-electron chi connectivity index (χ2n) is 8.72. The lowest BCUT2D eigenvalue weighted by Gasteiger charge is -2.33. The Kier molecular flexibility index (Phi) is 10.3. The van der Waals surface area contributed by atoms with Gasteiger partial charge in [0.2, 0.25) is 11.8 Å². The highest BCUT2D eigenvalue weighted by atomic mass is 32.2. The first kappa shape index (κ1) is 26.9. The van der Waals surface area contributed by atoms with Crippen LogP contribution in [0.5, 0.6) is 0 Å². The smallest absolute Gasteiger partial charge is 0.243 e. The molecule has 6 heteroatoms. The molecule has 0 bridgehead atoms. The second kappa shape index (κ2) is 13.4. The summed E-state index contributed by atoms with van der Waals surface area (Å²) in [4.78, 5) is 25.2. The SMILES string of the molecule is CNC(=O)[C@@H](NC(=O)[CH]CSCc1ccc(-c2ccccc2)cc1)C(C)(C)SCc1ccccc1. The molecule has 0 aliphatic carbocycles. The maximum atomic E-state index is 12.6. The molecule has 4 nitrogen and oxygen atoms in total. The highest BCUT2D eigenvalue weighted by Gasteiger charge is 2.36. The van der Waals surface area contributed by atoms with Gasteiger partial charge in [-0.15, -0.1) is 11.8 Å². The van der Waals surface area contributed by atoms with Crippen molar-refractivity contribution in [1.82, 2.24) is 10.6 Å². The van der Waals surface area contributed by atoms with E-state index in [4.69, 9.17) is 0 Å². The fourth-order valence-corrected chi connectivity index (χ4v) is 5.44. The number of carbonyl (C=O) groups is 2. The van der Waals surface area contributed by atoms with E-state index >= 15 is 0 Å². The molecule has 0 fully saturated rings. The zero-order valence-corrected chi connectivity index (χ0v) is 22.1. The Balaban J connectivity index is 1.46. The van der Waals surface area contributed by atoms with E-state index in [2.05, 4.69) is 59.2 Å². The number of hydrogen-bond acceptors (Lipinski definition) is 4. The van der Waals surface area contributed by atoms with E-state index in [-0.39, 0.29) is 11.8 Å². The minimum atomic E-state index is -0.638. The van der Waals surface area contributed by atoms with Crippen molar-refractivity contribution in [2.75, 3.05) is 12.8 Å². The molecular weight excluding hydrogens is 472 g/mol. The molecule has 0 aromatic heterocycles. The van der Waals surface area contributed by atoms with Crippen LogP contribution >= 0.6 is 23.5 Å². The molecule has 3 aromatic rings. The summed E-state index contributed by atoms with van der Waals surface area (Å²) in [5, 5.41) is 5.62. The fourth-order valence-electron chi connectivity index (χ4n) is 3.56. The van der Waals surface area contributed by atoms with Crippen LogP contribution in [-0.4, -0.2) is 35.4 Å². The third-order valence-corrected chi connectivity index (χ3v) is 8.06. The second-order valence-corrected chi connectivity index (χ2v) is 11.4. The summed E-state index contributed by atoms with van der Waals surface area (Å²) in [6, 6.07) is 28.3. The number of thioether (sulfide) groups is 2. The van der Waals surface area contributed by atoms with Gasteiger partial charge in [0.25, 0.3) is 0 Å². The number of nitrogens with one attached hydrogen (secondary N) is 2. The van der Waals surface area contributed by atoms with Crippen molar-refractivity contribution in [2.45, 2.75) is 36.1 Å². The molecule has 183 valence electrons. The first-order valence-electron chi connectivity index (χ1n) is 11.6. The highest BCUT2D eigenvalue weighted by Crippen LogP contribution is 2.31. The molecule has 0 spiro atoms. The van der Waals surface area contributed by atoms with E-state index in [1.807, 2.05) is 50.2 Å². The summed E-state index contributed by atoms with van der Waals surface area (Å²) in [5.74, 6) is 1.74. The molecule has 35 heavy (non-hydrogen) atoms.